The molecule has 0 radical (unpaired) electrons. The molecule has 2 aromatic rings. The fraction of sp³-hybridized carbons (Fsp3) is 0.541. The van der Waals surface area contributed by atoms with E-state index in [4.69, 9.17) is 14.2 Å². The summed E-state index contributed by atoms with van der Waals surface area (Å²) in [5, 5.41) is 10.9. The van der Waals surface area contributed by atoms with Crippen molar-refractivity contribution in [3.63, 3.8) is 0 Å². The lowest BCUT2D eigenvalue weighted by Gasteiger charge is -2.31. The van der Waals surface area contributed by atoms with Crippen molar-refractivity contribution in [2.75, 3.05) is 26.2 Å². The summed E-state index contributed by atoms with van der Waals surface area (Å²) in [6.07, 6.45) is 1.38. The maximum absolute atomic E-state index is 13.9. The second kappa shape index (κ2) is 19.4. The predicted octanol–water partition coefficient (Wildman–Crippen LogP) is 4.06. The van der Waals surface area contributed by atoms with E-state index < -0.39 is 53.3 Å². The van der Waals surface area contributed by atoms with Crippen LogP contribution in [0.3, 0.4) is 0 Å². The summed E-state index contributed by atoms with van der Waals surface area (Å²) in [7, 11) is 0. The predicted molar refractivity (Wildman–Crippen MR) is 184 cm³/mol. The second-order valence-electron chi connectivity index (χ2n) is 13.7. The van der Waals surface area contributed by atoms with Crippen molar-refractivity contribution in [2.24, 2.45) is 17.8 Å². The third-order valence-electron chi connectivity index (χ3n) is 7.76. The zero-order valence-electron chi connectivity index (χ0n) is 29.3. The second-order valence-corrected chi connectivity index (χ2v) is 13.7. The highest BCUT2D eigenvalue weighted by Crippen LogP contribution is 2.29. The molecule has 2 heterocycles. The van der Waals surface area contributed by atoms with E-state index in [2.05, 4.69) is 21.3 Å². The molecule has 268 valence electrons. The van der Waals surface area contributed by atoms with Gasteiger partial charge in [0.25, 0.3) is 0 Å². The largest absolute Gasteiger partial charge is 0.494 e. The first-order valence-corrected chi connectivity index (χ1v) is 17.0. The van der Waals surface area contributed by atoms with Gasteiger partial charge in [-0.1, -0.05) is 56.3 Å². The lowest BCUT2D eigenvalue weighted by molar-refractivity contribution is -0.164. The summed E-state index contributed by atoms with van der Waals surface area (Å²) in [6.45, 7) is 10.1. The van der Waals surface area contributed by atoms with Gasteiger partial charge < -0.3 is 35.5 Å². The fourth-order valence-electron chi connectivity index (χ4n) is 5.40. The van der Waals surface area contributed by atoms with Crippen LogP contribution in [0.1, 0.15) is 71.4 Å². The molecule has 49 heavy (non-hydrogen) atoms. The number of nitrogens with one attached hydrogen (secondary N) is 4. The molecule has 12 nitrogen and oxygen atoms in total. The van der Waals surface area contributed by atoms with E-state index in [1.165, 1.54) is 0 Å². The Kier molecular flexibility index (Phi) is 15.4. The van der Waals surface area contributed by atoms with Crippen LogP contribution < -0.4 is 26.0 Å². The Morgan fingerprint density at radius 2 is 1.65 bits per heavy atom. The monoisotopic (exact) mass is 680 g/mol. The average Bonchev–Trinajstić information content (AvgIpc) is 3.04. The molecule has 1 unspecified atom stereocenters. The van der Waals surface area contributed by atoms with Crippen LogP contribution in [-0.4, -0.2) is 67.7 Å². The SMILES string of the molecule is CC(C)C[C@H]1C(=O)NC(C(=O)NCC(=O)NCCCNC(=O)OCc2ccccc2)Cc2ccc(cc2)OCCC[C@@H]1C(=O)OC(C)(C)C. The summed E-state index contributed by atoms with van der Waals surface area (Å²) in [5.41, 5.74) is 0.926. The Morgan fingerprint density at radius 3 is 2.33 bits per heavy atom. The standard InChI is InChI=1S/C37H52N4O8/c1-25(2)21-30-29(35(45)49-37(3,4)5)13-9-20-47-28-16-14-26(15-17-28)22-31(41-33(30)43)34(44)40-23-32(42)38-18-10-19-39-36(46)48-24-27-11-7-6-8-12-27/h6-8,11-12,14-17,25,29-31H,9-10,13,18-24H2,1-5H3,(H,38,42)(H,39,46)(H,40,44)(H,41,43)/t29-,30+,31?/m0/s1. The van der Waals surface area contributed by atoms with Crippen LogP contribution in [0.2, 0.25) is 0 Å². The molecule has 2 aliphatic rings. The maximum atomic E-state index is 13.9. The number of amides is 4. The van der Waals surface area contributed by atoms with Crippen LogP contribution in [0, 0.1) is 17.8 Å². The minimum atomic E-state index is -1.00. The molecule has 0 saturated carbocycles. The van der Waals surface area contributed by atoms with E-state index in [-0.39, 0.29) is 32.0 Å². The fourth-order valence-corrected chi connectivity index (χ4v) is 5.40. The highest BCUT2D eigenvalue weighted by atomic mass is 16.6. The van der Waals surface area contributed by atoms with Crippen molar-refractivity contribution in [2.45, 2.75) is 85.0 Å². The number of carbonyl (C=O) groups excluding carboxylic acids is 5. The molecule has 0 spiro atoms. The Labute approximate surface area is 289 Å². The van der Waals surface area contributed by atoms with Gasteiger partial charge >= 0.3 is 12.1 Å². The van der Waals surface area contributed by atoms with Crippen molar-refractivity contribution in [3.8, 4) is 5.75 Å². The number of benzene rings is 2. The summed E-state index contributed by atoms with van der Waals surface area (Å²) >= 11 is 0. The minimum absolute atomic E-state index is 0.0914. The lowest BCUT2D eigenvalue weighted by Crippen LogP contribution is -2.52. The van der Waals surface area contributed by atoms with E-state index in [0.29, 0.717) is 44.6 Å². The normalized spacial score (nSPS) is 18.3. The minimum Gasteiger partial charge on any atom is -0.494 e. The van der Waals surface area contributed by atoms with Gasteiger partial charge in [-0.15, -0.1) is 0 Å². The molecule has 0 aromatic heterocycles. The number of hydrogen-bond donors (Lipinski definition) is 4. The summed E-state index contributed by atoms with van der Waals surface area (Å²) in [5.74, 6) is -2.54. The quantitative estimate of drug-likeness (QED) is 0.193. The van der Waals surface area contributed by atoms with Crippen LogP contribution in [-0.2, 0) is 41.7 Å². The van der Waals surface area contributed by atoms with Crippen LogP contribution >= 0.6 is 0 Å². The van der Waals surface area contributed by atoms with Gasteiger partial charge in [-0.05, 0) is 75.6 Å². The Hall–Kier alpha value is -4.61. The van der Waals surface area contributed by atoms with Crippen molar-refractivity contribution in [1.29, 1.82) is 0 Å². The van der Waals surface area contributed by atoms with Gasteiger partial charge in [0.2, 0.25) is 17.7 Å². The van der Waals surface area contributed by atoms with Crippen molar-refractivity contribution in [1.82, 2.24) is 21.3 Å². The maximum Gasteiger partial charge on any atom is 0.407 e. The van der Waals surface area contributed by atoms with Gasteiger partial charge in [-0.25, -0.2) is 4.79 Å². The van der Waals surface area contributed by atoms with E-state index in [1.54, 1.807) is 32.9 Å². The van der Waals surface area contributed by atoms with E-state index >= 15 is 0 Å². The van der Waals surface area contributed by atoms with Gasteiger partial charge in [0.15, 0.2) is 0 Å². The molecule has 4 rings (SSSR count). The third kappa shape index (κ3) is 14.6. The summed E-state index contributed by atoms with van der Waals surface area (Å²) < 4.78 is 16.8. The molecule has 12 heteroatoms. The lowest BCUT2D eigenvalue weighted by atomic mass is 9.81. The smallest absolute Gasteiger partial charge is 0.407 e. The van der Waals surface area contributed by atoms with Crippen molar-refractivity contribution in [3.05, 3.63) is 65.7 Å². The number of ether oxygens (including phenoxy) is 3. The molecule has 4 amide bonds. The first-order valence-electron chi connectivity index (χ1n) is 17.0. The van der Waals surface area contributed by atoms with Crippen LogP contribution in [0.4, 0.5) is 4.79 Å². The van der Waals surface area contributed by atoms with Crippen LogP contribution in [0.25, 0.3) is 0 Å². The molecule has 0 aliphatic carbocycles. The Balaban J connectivity index is 1.59. The Bertz CT molecular complexity index is 1380. The average molecular weight is 681 g/mol. The van der Waals surface area contributed by atoms with Crippen molar-refractivity contribution >= 4 is 29.8 Å². The van der Waals surface area contributed by atoms with Crippen LogP contribution in [0.15, 0.2) is 54.6 Å². The van der Waals surface area contributed by atoms with Gasteiger partial charge in [-0.3, -0.25) is 19.2 Å². The number of carbonyl (C=O) groups is 5. The van der Waals surface area contributed by atoms with Gasteiger partial charge in [0.1, 0.15) is 24.0 Å². The molecule has 0 saturated heterocycles. The summed E-state index contributed by atoms with van der Waals surface area (Å²) in [4.78, 5) is 65.3. The first kappa shape index (κ1) is 38.8. The molecular formula is C37H52N4O8. The highest BCUT2D eigenvalue weighted by molar-refractivity contribution is 5.92. The molecule has 0 fully saturated rings. The molecule has 2 bridgehead atoms. The number of fused-ring (bicyclic) bond motifs is 11. The van der Waals surface area contributed by atoms with Crippen LogP contribution in [0.5, 0.6) is 5.75 Å². The first-order chi connectivity index (χ1) is 23.3. The molecule has 2 aromatic carbocycles. The molecule has 3 atom stereocenters. The third-order valence-corrected chi connectivity index (χ3v) is 7.76. The number of esters is 1. The van der Waals surface area contributed by atoms with Gasteiger partial charge in [-0.2, -0.15) is 0 Å². The number of rotatable bonds is 12. The van der Waals surface area contributed by atoms with E-state index in [0.717, 1.165) is 11.1 Å². The topological polar surface area (TPSA) is 161 Å². The molecule has 4 N–H and O–H groups in total. The molecular weight excluding hydrogens is 628 g/mol. The number of hydrogen-bond acceptors (Lipinski definition) is 8. The number of alkyl carbamates (subject to hydrolysis) is 1. The van der Waals surface area contributed by atoms with Gasteiger partial charge in [0, 0.05) is 19.5 Å². The Morgan fingerprint density at radius 1 is 0.959 bits per heavy atom. The molecule has 2 aliphatic heterocycles. The zero-order valence-corrected chi connectivity index (χ0v) is 29.3. The van der Waals surface area contributed by atoms with Crippen molar-refractivity contribution < 1.29 is 38.2 Å². The zero-order chi connectivity index (χ0) is 35.8. The highest BCUT2D eigenvalue weighted by Gasteiger charge is 2.38. The summed E-state index contributed by atoms with van der Waals surface area (Å²) in [6, 6.07) is 15.6. The van der Waals surface area contributed by atoms with E-state index in [9.17, 15) is 24.0 Å². The van der Waals surface area contributed by atoms with Gasteiger partial charge in [0.05, 0.1) is 25.0 Å². The van der Waals surface area contributed by atoms with E-state index in [1.807, 2.05) is 56.3 Å².